The molecule has 1 aromatic heterocycles. The first-order chi connectivity index (χ1) is 12.0. The number of aliphatic hydroxyl groups is 1. The van der Waals surface area contributed by atoms with Gasteiger partial charge in [0.25, 0.3) is 5.56 Å². The smallest absolute Gasteiger partial charge is 0.331 e. The van der Waals surface area contributed by atoms with Crippen LogP contribution >= 0.6 is 11.8 Å². The number of hydrogen-bond acceptors (Lipinski definition) is 6. The molecule has 1 aromatic carbocycles. The molecule has 0 aliphatic rings. The second-order valence-electron chi connectivity index (χ2n) is 5.55. The quantitative estimate of drug-likeness (QED) is 0.375. The number of hydrogen-bond donors (Lipinski definition) is 2. The van der Waals surface area contributed by atoms with E-state index in [0.29, 0.717) is 23.9 Å². The van der Waals surface area contributed by atoms with E-state index in [1.54, 1.807) is 7.05 Å². The molecule has 0 saturated heterocycles. The first-order valence-electron chi connectivity index (χ1n) is 7.95. The summed E-state index contributed by atoms with van der Waals surface area (Å²) in [5.41, 5.74) is -0.650. The highest BCUT2D eigenvalue weighted by atomic mass is 32.2. The van der Waals surface area contributed by atoms with Gasteiger partial charge in [-0.15, -0.1) is 11.8 Å². The number of para-hydroxylation sites is 1. The number of thioether (sulfide) groups is 1. The minimum Gasteiger partial charge on any atom is -0.491 e. The maximum atomic E-state index is 11.8. The lowest BCUT2D eigenvalue weighted by Gasteiger charge is -2.13. The van der Waals surface area contributed by atoms with E-state index in [1.165, 1.54) is 29.4 Å². The third-order valence-electron chi connectivity index (χ3n) is 3.58. The zero-order valence-electron chi connectivity index (χ0n) is 14.3. The number of ether oxygens (including phenoxy) is 1. The summed E-state index contributed by atoms with van der Waals surface area (Å²) in [6.45, 7) is 1.26. The molecule has 0 radical (unpaired) electrons. The Morgan fingerprint density at radius 3 is 2.64 bits per heavy atom. The summed E-state index contributed by atoms with van der Waals surface area (Å²) >= 11 is 1.42. The highest BCUT2D eigenvalue weighted by Gasteiger charge is 2.07. The van der Waals surface area contributed by atoms with E-state index >= 15 is 0 Å². The van der Waals surface area contributed by atoms with Gasteiger partial charge in [0.1, 0.15) is 18.5 Å². The molecule has 1 atom stereocenters. The van der Waals surface area contributed by atoms with Crippen molar-refractivity contribution in [1.29, 1.82) is 0 Å². The first-order valence-corrected chi connectivity index (χ1v) is 8.94. The van der Waals surface area contributed by atoms with Gasteiger partial charge in [-0.1, -0.05) is 18.2 Å². The van der Waals surface area contributed by atoms with Crippen LogP contribution in [0.1, 0.15) is 0 Å². The summed E-state index contributed by atoms with van der Waals surface area (Å²) in [7, 11) is 3.10. The molecule has 136 valence electrons. The van der Waals surface area contributed by atoms with Gasteiger partial charge in [-0.05, 0) is 12.1 Å². The van der Waals surface area contributed by atoms with Crippen molar-refractivity contribution in [2.75, 3.05) is 25.4 Å². The fourth-order valence-electron chi connectivity index (χ4n) is 2.12. The molecular weight excluding hydrogens is 342 g/mol. The van der Waals surface area contributed by atoms with Gasteiger partial charge < -0.3 is 15.2 Å². The highest BCUT2D eigenvalue weighted by Crippen LogP contribution is 2.12. The number of benzene rings is 1. The molecule has 0 bridgehead atoms. The predicted molar refractivity (Wildman–Crippen MR) is 98.5 cm³/mol. The van der Waals surface area contributed by atoms with Crippen molar-refractivity contribution in [1.82, 2.24) is 14.5 Å². The van der Waals surface area contributed by atoms with E-state index in [0.717, 1.165) is 10.3 Å². The van der Waals surface area contributed by atoms with Crippen LogP contribution in [0.4, 0.5) is 0 Å². The Bertz CT molecular complexity index is 789. The Morgan fingerprint density at radius 1 is 1.20 bits per heavy atom. The summed E-state index contributed by atoms with van der Waals surface area (Å²) < 4.78 is 8.00. The summed E-state index contributed by atoms with van der Waals surface area (Å²) in [5, 5.41) is 13.6. The van der Waals surface area contributed by atoms with Gasteiger partial charge in [0, 0.05) is 39.0 Å². The van der Waals surface area contributed by atoms with Crippen molar-refractivity contribution in [3.05, 3.63) is 57.2 Å². The number of rotatable bonds is 9. The van der Waals surface area contributed by atoms with Crippen LogP contribution in [0.15, 0.2) is 51.0 Å². The molecule has 7 nitrogen and oxygen atoms in total. The molecular formula is C17H23N3O4S. The van der Waals surface area contributed by atoms with Crippen molar-refractivity contribution < 1.29 is 9.84 Å². The van der Waals surface area contributed by atoms with E-state index in [1.807, 2.05) is 30.3 Å². The molecule has 1 unspecified atom stereocenters. The third-order valence-corrected chi connectivity index (χ3v) is 4.67. The van der Waals surface area contributed by atoms with Gasteiger partial charge in [0.05, 0.1) is 5.03 Å². The topological polar surface area (TPSA) is 85.5 Å². The second-order valence-corrected chi connectivity index (χ2v) is 6.67. The normalized spacial score (nSPS) is 12.1. The zero-order valence-corrected chi connectivity index (χ0v) is 15.2. The molecule has 0 fully saturated rings. The maximum absolute atomic E-state index is 11.8. The SMILES string of the molecule is Cn1c(SCCNCC(O)COc2ccccc2)cc(=O)n(C)c1=O. The second kappa shape index (κ2) is 9.45. The number of aromatic nitrogens is 2. The fraction of sp³-hybridized carbons (Fsp3) is 0.412. The van der Waals surface area contributed by atoms with Crippen LogP contribution in [0.3, 0.4) is 0 Å². The van der Waals surface area contributed by atoms with Gasteiger partial charge in [0.15, 0.2) is 0 Å². The monoisotopic (exact) mass is 365 g/mol. The lowest BCUT2D eigenvalue weighted by Crippen LogP contribution is -2.37. The number of nitrogens with zero attached hydrogens (tertiary/aromatic N) is 2. The van der Waals surface area contributed by atoms with Crippen molar-refractivity contribution >= 4 is 11.8 Å². The summed E-state index contributed by atoms with van der Waals surface area (Å²) in [4.78, 5) is 23.5. The molecule has 0 aliphatic heterocycles. The third kappa shape index (κ3) is 5.77. The van der Waals surface area contributed by atoms with Gasteiger partial charge in [-0.3, -0.25) is 13.9 Å². The van der Waals surface area contributed by atoms with Crippen LogP contribution in [0.25, 0.3) is 0 Å². The molecule has 2 aromatic rings. The lowest BCUT2D eigenvalue weighted by atomic mass is 10.3. The van der Waals surface area contributed by atoms with Gasteiger partial charge >= 0.3 is 5.69 Å². The molecule has 8 heteroatoms. The predicted octanol–water partition coefficient (Wildman–Crippen LogP) is 0.206. The van der Waals surface area contributed by atoms with Gasteiger partial charge in [-0.25, -0.2) is 4.79 Å². The Morgan fingerprint density at radius 2 is 1.92 bits per heavy atom. The van der Waals surface area contributed by atoms with Gasteiger partial charge in [0.2, 0.25) is 0 Å². The molecule has 0 aliphatic carbocycles. The lowest BCUT2D eigenvalue weighted by molar-refractivity contribution is 0.107. The summed E-state index contributed by atoms with van der Waals surface area (Å²) in [5.74, 6) is 1.40. The van der Waals surface area contributed by atoms with Crippen LogP contribution in [0.2, 0.25) is 0 Å². The average Bonchev–Trinajstić information content (AvgIpc) is 2.62. The van der Waals surface area contributed by atoms with E-state index in [2.05, 4.69) is 5.32 Å². The molecule has 2 rings (SSSR count). The minimum absolute atomic E-state index is 0.216. The van der Waals surface area contributed by atoms with E-state index < -0.39 is 6.10 Å². The number of aliphatic hydroxyl groups excluding tert-OH is 1. The molecule has 0 saturated carbocycles. The first kappa shape index (κ1) is 19.3. The summed E-state index contributed by atoms with van der Waals surface area (Å²) in [6.07, 6.45) is -0.612. The average molecular weight is 365 g/mol. The standard InChI is InChI=1S/C17H23N3O4S/c1-19-15(22)10-16(20(2)17(19)23)25-9-8-18-11-13(21)12-24-14-6-4-3-5-7-14/h3-7,10,13,18,21H,8-9,11-12H2,1-2H3. The maximum Gasteiger partial charge on any atom is 0.331 e. The van der Waals surface area contributed by atoms with Crippen LogP contribution in [0, 0.1) is 0 Å². The van der Waals surface area contributed by atoms with Crippen LogP contribution in [0.5, 0.6) is 5.75 Å². The Labute approximate surface area is 150 Å². The number of nitrogens with one attached hydrogen (secondary N) is 1. The van der Waals surface area contributed by atoms with Crippen molar-refractivity contribution in [3.63, 3.8) is 0 Å². The fourth-order valence-corrected chi connectivity index (χ4v) is 3.03. The molecule has 25 heavy (non-hydrogen) atoms. The highest BCUT2D eigenvalue weighted by molar-refractivity contribution is 7.99. The summed E-state index contributed by atoms with van der Waals surface area (Å²) in [6, 6.07) is 10.8. The van der Waals surface area contributed by atoms with Gasteiger partial charge in [-0.2, -0.15) is 0 Å². The zero-order chi connectivity index (χ0) is 18.2. The minimum atomic E-state index is -0.612. The molecule has 1 heterocycles. The van der Waals surface area contributed by atoms with Crippen LogP contribution in [-0.4, -0.2) is 45.8 Å². The Hall–Kier alpha value is -2.03. The van der Waals surface area contributed by atoms with E-state index in [4.69, 9.17) is 4.74 Å². The van der Waals surface area contributed by atoms with Crippen molar-refractivity contribution in [3.8, 4) is 5.75 Å². The Balaban J connectivity index is 1.68. The van der Waals surface area contributed by atoms with E-state index in [9.17, 15) is 14.7 Å². The van der Waals surface area contributed by atoms with E-state index in [-0.39, 0.29) is 17.9 Å². The van der Waals surface area contributed by atoms with Crippen molar-refractivity contribution in [2.45, 2.75) is 11.1 Å². The van der Waals surface area contributed by atoms with Crippen molar-refractivity contribution in [2.24, 2.45) is 14.1 Å². The Kier molecular flexibility index (Phi) is 7.30. The molecule has 2 N–H and O–H groups in total. The van der Waals surface area contributed by atoms with Crippen LogP contribution < -0.4 is 21.3 Å². The molecule has 0 spiro atoms. The largest absolute Gasteiger partial charge is 0.491 e. The van der Waals surface area contributed by atoms with Crippen LogP contribution in [-0.2, 0) is 14.1 Å². The molecule has 0 amide bonds.